The highest BCUT2D eigenvalue weighted by atomic mass is 19.1. The van der Waals surface area contributed by atoms with Crippen LogP contribution >= 0.6 is 0 Å². The molecule has 8 nitrogen and oxygen atoms in total. The quantitative estimate of drug-likeness (QED) is 0.529. The number of likely N-dealkylation sites (N-methyl/N-ethyl adjacent to an activating group) is 1. The molecule has 176 valence electrons. The molecule has 34 heavy (non-hydrogen) atoms. The van der Waals surface area contributed by atoms with Crippen molar-refractivity contribution in [3.8, 4) is 11.5 Å². The summed E-state index contributed by atoms with van der Waals surface area (Å²) in [6.45, 7) is -0.254. The Morgan fingerprint density at radius 3 is 2.62 bits per heavy atom. The zero-order valence-electron chi connectivity index (χ0n) is 19.0. The van der Waals surface area contributed by atoms with Crippen molar-refractivity contribution in [1.82, 2.24) is 9.91 Å². The van der Waals surface area contributed by atoms with Gasteiger partial charge in [-0.2, -0.15) is 5.10 Å². The van der Waals surface area contributed by atoms with Gasteiger partial charge in [-0.25, -0.2) is 9.40 Å². The van der Waals surface area contributed by atoms with Crippen LogP contribution in [0.15, 0.2) is 70.4 Å². The van der Waals surface area contributed by atoms with Crippen LogP contribution in [0.1, 0.15) is 34.1 Å². The molecular formula is C25H24FN3O5. The van der Waals surface area contributed by atoms with E-state index in [1.54, 1.807) is 49.6 Å². The lowest BCUT2D eigenvalue weighted by Gasteiger charge is -2.26. The highest BCUT2D eigenvalue weighted by Gasteiger charge is 2.36. The van der Waals surface area contributed by atoms with Gasteiger partial charge in [0.25, 0.3) is 11.8 Å². The smallest absolute Gasteiger partial charge is 0.289 e. The molecule has 2 heterocycles. The van der Waals surface area contributed by atoms with E-state index in [2.05, 4.69) is 5.10 Å². The van der Waals surface area contributed by atoms with Crippen LogP contribution in [-0.2, 0) is 4.79 Å². The van der Waals surface area contributed by atoms with Gasteiger partial charge in [0.05, 0.1) is 32.2 Å². The monoisotopic (exact) mass is 465 g/mol. The summed E-state index contributed by atoms with van der Waals surface area (Å²) in [4.78, 5) is 27.2. The highest BCUT2D eigenvalue weighted by Crippen LogP contribution is 2.39. The molecule has 9 heteroatoms. The Kier molecular flexibility index (Phi) is 6.62. The van der Waals surface area contributed by atoms with Crippen molar-refractivity contribution < 1.29 is 27.9 Å². The fourth-order valence-electron chi connectivity index (χ4n) is 3.88. The fourth-order valence-corrected chi connectivity index (χ4v) is 3.88. The zero-order valence-corrected chi connectivity index (χ0v) is 19.0. The molecule has 0 spiro atoms. The summed E-state index contributed by atoms with van der Waals surface area (Å²) in [6, 6.07) is 14.1. The van der Waals surface area contributed by atoms with Crippen LogP contribution in [0.4, 0.5) is 4.39 Å². The van der Waals surface area contributed by atoms with Gasteiger partial charge < -0.3 is 18.8 Å². The highest BCUT2D eigenvalue weighted by molar-refractivity contribution is 6.04. The van der Waals surface area contributed by atoms with Gasteiger partial charge in [-0.15, -0.1) is 0 Å². The standard InChI is InChI=1S/C25H24FN3O5/c1-28(25(31)23-9-6-12-34-23)15-24(30)29-21(18-13-16(32-2)10-11-22(18)33-3)14-20(27-29)17-7-4-5-8-19(17)26/h4-13,21H,14-15H2,1-3H3. The Hall–Kier alpha value is -4.14. The number of benzene rings is 2. The first-order valence-corrected chi connectivity index (χ1v) is 10.6. The molecule has 1 aliphatic heterocycles. The topological polar surface area (TPSA) is 84.6 Å². The van der Waals surface area contributed by atoms with Crippen molar-refractivity contribution in [2.24, 2.45) is 5.10 Å². The third kappa shape index (κ3) is 4.50. The Bertz CT molecular complexity index is 1230. The molecule has 2 amide bonds. The van der Waals surface area contributed by atoms with Gasteiger partial charge in [0.15, 0.2) is 5.76 Å². The van der Waals surface area contributed by atoms with Gasteiger partial charge in [0.2, 0.25) is 0 Å². The molecule has 0 aliphatic carbocycles. The van der Waals surface area contributed by atoms with Gasteiger partial charge in [-0.3, -0.25) is 9.59 Å². The maximum atomic E-state index is 14.5. The summed E-state index contributed by atoms with van der Waals surface area (Å²) in [5.74, 6) is -0.0773. The Morgan fingerprint density at radius 2 is 1.94 bits per heavy atom. The van der Waals surface area contributed by atoms with E-state index >= 15 is 0 Å². The van der Waals surface area contributed by atoms with E-state index in [0.29, 0.717) is 28.3 Å². The van der Waals surface area contributed by atoms with Gasteiger partial charge in [-0.1, -0.05) is 18.2 Å². The molecule has 0 N–H and O–H groups in total. The zero-order chi connectivity index (χ0) is 24.2. The van der Waals surface area contributed by atoms with E-state index in [1.807, 2.05) is 0 Å². The third-order valence-electron chi connectivity index (χ3n) is 5.60. The number of carbonyl (C=O) groups is 2. The van der Waals surface area contributed by atoms with Crippen molar-refractivity contribution in [3.63, 3.8) is 0 Å². The molecular weight excluding hydrogens is 441 g/mol. The first-order valence-electron chi connectivity index (χ1n) is 10.6. The molecule has 0 saturated heterocycles. The number of rotatable bonds is 7. The summed E-state index contributed by atoms with van der Waals surface area (Å²) in [7, 11) is 4.57. The number of carbonyl (C=O) groups excluding carboxylic acids is 2. The van der Waals surface area contributed by atoms with Gasteiger partial charge in [0, 0.05) is 24.6 Å². The average molecular weight is 465 g/mol. The molecule has 0 fully saturated rings. The molecule has 0 bridgehead atoms. The first-order chi connectivity index (χ1) is 16.4. The Balaban J connectivity index is 1.69. The van der Waals surface area contributed by atoms with Crippen molar-refractivity contribution in [2.75, 3.05) is 27.8 Å². The van der Waals surface area contributed by atoms with E-state index < -0.39 is 23.7 Å². The minimum absolute atomic E-state index is 0.123. The number of hydrogen-bond acceptors (Lipinski definition) is 6. The second kappa shape index (κ2) is 9.78. The predicted octanol–water partition coefficient (Wildman–Crippen LogP) is 3.89. The summed E-state index contributed by atoms with van der Waals surface area (Å²) >= 11 is 0. The third-order valence-corrected chi connectivity index (χ3v) is 5.60. The lowest BCUT2D eigenvalue weighted by Crippen LogP contribution is -2.39. The van der Waals surface area contributed by atoms with Crippen molar-refractivity contribution >= 4 is 17.5 Å². The average Bonchev–Trinajstić information content (AvgIpc) is 3.54. The van der Waals surface area contributed by atoms with Crippen LogP contribution in [0.2, 0.25) is 0 Å². The van der Waals surface area contributed by atoms with Crippen LogP contribution < -0.4 is 9.47 Å². The Morgan fingerprint density at radius 1 is 1.15 bits per heavy atom. The van der Waals surface area contributed by atoms with Crippen LogP contribution in [0.25, 0.3) is 0 Å². The molecule has 1 atom stereocenters. The number of furan rings is 1. The number of amides is 2. The van der Waals surface area contributed by atoms with E-state index in [0.717, 1.165) is 0 Å². The summed E-state index contributed by atoms with van der Waals surface area (Å²) in [5.41, 5.74) is 1.39. The number of methoxy groups -OCH3 is 2. The maximum Gasteiger partial charge on any atom is 0.289 e. The fraction of sp³-hybridized carbons (Fsp3) is 0.240. The number of ether oxygens (including phenoxy) is 2. The normalized spacial score (nSPS) is 15.1. The number of nitrogens with zero attached hydrogens (tertiary/aromatic N) is 3. The molecule has 1 unspecified atom stereocenters. The number of hydrazone groups is 1. The molecule has 0 saturated carbocycles. The second-order valence-electron chi connectivity index (χ2n) is 7.73. The van der Waals surface area contributed by atoms with Crippen LogP contribution in [0.3, 0.4) is 0 Å². The molecule has 4 rings (SSSR count). The van der Waals surface area contributed by atoms with E-state index in [4.69, 9.17) is 13.9 Å². The van der Waals surface area contributed by atoms with E-state index in [-0.39, 0.29) is 18.7 Å². The van der Waals surface area contributed by atoms with E-state index in [1.165, 1.54) is 42.5 Å². The van der Waals surface area contributed by atoms with Gasteiger partial charge in [-0.05, 0) is 36.4 Å². The van der Waals surface area contributed by atoms with Crippen molar-refractivity contribution in [3.05, 3.63) is 83.6 Å². The SMILES string of the molecule is COc1ccc(OC)c(C2CC(c3ccccc3F)=NN2C(=O)CN(C)C(=O)c2ccco2)c1. The number of halogens is 1. The van der Waals surface area contributed by atoms with Crippen molar-refractivity contribution in [2.45, 2.75) is 12.5 Å². The second-order valence-corrected chi connectivity index (χ2v) is 7.73. The van der Waals surface area contributed by atoms with Crippen LogP contribution in [0.5, 0.6) is 11.5 Å². The lowest BCUT2D eigenvalue weighted by atomic mass is 9.97. The maximum absolute atomic E-state index is 14.5. The summed E-state index contributed by atoms with van der Waals surface area (Å²) in [6.07, 6.45) is 1.64. The van der Waals surface area contributed by atoms with Crippen LogP contribution in [-0.4, -0.2) is 55.2 Å². The molecule has 0 radical (unpaired) electrons. The van der Waals surface area contributed by atoms with Gasteiger partial charge in [0.1, 0.15) is 23.9 Å². The summed E-state index contributed by atoms with van der Waals surface area (Å²) < 4.78 is 30.6. The van der Waals surface area contributed by atoms with Crippen LogP contribution in [0, 0.1) is 5.82 Å². The molecule has 3 aromatic rings. The van der Waals surface area contributed by atoms with E-state index in [9.17, 15) is 14.0 Å². The van der Waals surface area contributed by atoms with Gasteiger partial charge >= 0.3 is 0 Å². The molecule has 1 aromatic heterocycles. The van der Waals surface area contributed by atoms with Crippen molar-refractivity contribution in [1.29, 1.82) is 0 Å². The minimum atomic E-state index is -0.584. The molecule has 1 aliphatic rings. The Labute approximate surface area is 196 Å². The minimum Gasteiger partial charge on any atom is -0.497 e. The first kappa shape index (κ1) is 23.0. The largest absolute Gasteiger partial charge is 0.497 e. The predicted molar refractivity (Wildman–Crippen MR) is 122 cm³/mol. The molecule has 2 aromatic carbocycles. The summed E-state index contributed by atoms with van der Waals surface area (Å²) in [5, 5.41) is 5.77. The number of hydrogen-bond donors (Lipinski definition) is 0. The lowest BCUT2D eigenvalue weighted by molar-refractivity contribution is -0.133.